The lowest BCUT2D eigenvalue weighted by atomic mass is 9.80. The Hall–Kier alpha value is -1.84. The molecule has 0 aliphatic rings. The molecule has 3 rings (SSSR count). The van der Waals surface area contributed by atoms with Crippen molar-refractivity contribution in [1.82, 2.24) is 0 Å². The van der Waals surface area contributed by atoms with E-state index in [1.165, 1.54) is 6.08 Å². The van der Waals surface area contributed by atoms with E-state index in [1.54, 1.807) is 0 Å². The predicted octanol–water partition coefficient (Wildman–Crippen LogP) is 4.07. The van der Waals surface area contributed by atoms with E-state index in [-0.39, 0.29) is 6.61 Å². The summed E-state index contributed by atoms with van der Waals surface area (Å²) in [5.41, 5.74) is 1.45. The van der Waals surface area contributed by atoms with Gasteiger partial charge in [-0.15, -0.1) is 0 Å². The smallest absolute Gasteiger partial charge is 0.143 e. The van der Waals surface area contributed by atoms with E-state index < -0.39 is 30.0 Å². The third kappa shape index (κ3) is 6.19. The Kier molecular flexibility index (Phi) is 9.40. The topological polar surface area (TPSA) is 90.2 Å². The minimum absolute atomic E-state index is 0.303. The maximum atomic E-state index is 10.7. The third-order valence-corrected chi connectivity index (χ3v) is 5.93. The van der Waals surface area contributed by atoms with E-state index in [1.807, 2.05) is 91.0 Å². The minimum atomic E-state index is -1.64. The van der Waals surface area contributed by atoms with Crippen molar-refractivity contribution in [2.24, 2.45) is 0 Å². The Morgan fingerprint density at radius 3 is 1.45 bits per heavy atom. The molecule has 7 heteroatoms. The average molecular weight is 578 g/mol. The first-order valence-electron chi connectivity index (χ1n) is 10.4. The summed E-state index contributed by atoms with van der Waals surface area (Å²) in [7, 11) is 0. The van der Waals surface area contributed by atoms with Crippen LogP contribution in [0.3, 0.4) is 0 Å². The molecule has 4 N–H and O–H groups in total. The summed E-state index contributed by atoms with van der Waals surface area (Å²) >= 11 is 6.20. The van der Waals surface area contributed by atoms with E-state index in [0.29, 0.717) is 3.39 Å². The predicted molar refractivity (Wildman–Crippen MR) is 135 cm³/mol. The van der Waals surface area contributed by atoms with Crippen LogP contribution in [0.5, 0.6) is 0 Å². The second-order valence-electron chi connectivity index (χ2n) is 7.59. The van der Waals surface area contributed by atoms with Crippen molar-refractivity contribution in [1.29, 1.82) is 0 Å². The Morgan fingerprint density at radius 2 is 1.09 bits per heavy atom. The van der Waals surface area contributed by atoms with Gasteiger partial charge >= 0.3 is 0 Å². The second kappa shape index (κ2) is 12.0. The van der Waals surface area contributed by atoms with Gasteiger partial charge in [0, 0.05) is 0 Å². The minimum Gasteiger partial charge on any atom is -0.388 e. The van der Waals surface area contributed by atoms with Crippen LogP contribution in [0.2, 0.25) is 0 Å². The van der Waals surface area contributed by atoms with Crippen LogP contribution in [0, 0.1) is 0 Å². The molecule has 0 heterocycles. The van der Waals surface area contributed by atoms with Crippen LogP contribution in [0.1, 0.15) is 16.7 Å². The molecule has 0 amide bonds. The summed E-state index contributed by atoms with van der Waals surface area (Å²) in [6.45, 7) is -0.303. The van der Waals surface area contributed by atoms with Gasteiger partial charge in [-0.1, -0.05) is 91.0 Å². The highest BCUT2D eigenvalue weighted by Gasteiger charge is 2.39. The van der Waals surface area contributed by atoms with Crippen molar-refractivity contribution in [2.75, 3.05) is 6.61 Å². The van der Waals surface area contributed by atoms with Crippen LogP contribution >= 0.6 is 31.9 Å². The Labute approximate surface area is 210 Å². The van der Waals surface area contributed by atoms with Crippen molar-refractivity contribution in [2.45, 2.75) is 30.0 Å². The molecule has 0 radical (unpaired) electrons. The van der Waals surface area contributed by atoms with Gasteiger partial charge in [0.1, 0.15) is 30.0 Å². The first-order valence-corrected chi connectivity index (χ1v) is 12.0. The molecule has 0 fully saturated rings. The average Bonchev–Trinajstić information content (AvgIpc) is 2.85. The maximum absolute atomic E-state index is 10.7. The standard InChI is InChI=1S/C26H26Br2O5/c27-23(28)16-21(29)24(31)25(32)22(30)17-33-26(18-10-4-1-5-11-18,19-12-6-2-7-13-19)20-14-8-3-9-15-20/h1-16,21-22,24-25,29-32H,17H2/t21-,22+,24+,25+/m0/s1. The van der Waals surface area contributed by atoms with Crippen molar-refractivity contribution in [3.8, 4) is 0 Å². The SMILES string of the molecule is O[C@@H]([C@H](O)[C@@H](O)C=C(Br)Br)[C@H](O)COC(c1ccccc1)(c1ccccc1)c1ccccc1. The zero-order valence-corrected chi connectivity index (χ0v) is 20.9. The quantitative estimate of drug-likeness (QED) is 0.273. The summed E-state index contributed by atoms with van der Waals surface area (Å²) in [6.07, 6.45) is -4.86. The Balaban J connectivity index is 1.98. The Morgan fingerprint density at radius 1 is 0.697 bits per heavy atom. The molecule has 174 valence electrons. The van der Waals surface area contributed by atoms with E-state index >= 15 is 0 Å². The van der Waals surface area contributed by atoms with Gasteiger partial charge in [-0.2, -0.15) is 0 Å². The van der Waals surface area contributed by atoms with E-state index in [0.717, 1.165) is 16.7 Å². The summed E-state index contributed by atoms with van der Waals surface area (Å²) in [6, 6.07) is 28.9. The maximum Gasteiger partial charge on any atom is 0.143 e. The zero-order valence-electron chi connectivity index (χ0n) is 17.7. The molecular weight excluding hydrogens is 552 g/mol. The molecule has 0 spiro atoms. The van der Waals surface area contributed by atoms with Crippen LogP contribution < -0.4 is 0 Å². The van der Waals surface area contributed by atoms with Crippen LogP contribution in [-0.2, 0) is 10.3 Å². The number of hydrogen-bond acceptors (Lipinski definition) is 5. The van der Waals surface area contributed by atoms with Gasteiger partial charge < -0.3 is 25.2 Å². The van der Waals surface area contributed by atoms with Gasteiger partial charge in [0.25, 0.3) is 0 Å². The van der Waals surface area contributed by atoms with Crippen LogP contribution in [0.4, 0.5) is 0 Å². The van der Waals surface area contributed by atoms with Crippen LogP contribution in [-0.4, -0.2) is 51.4 Å². The highest BCUT2D eigenvalue weighted by molar-refractivity contribution is 9.28. The highest BCUT2D eigenvalue weighted by atomic mass is 79.9. The molecule has 0 saturated heterocycles. The molecule has 0 aromatic heterocycles. The molecule has 3 aromatic rings. The first kappa shape index (κ1) is 25.8. The number of ether oxygens (including phenoxy) is 1. The third-order valence-electron chi connectivity index (χ3n) is 5.40. The lowest BCUT2D eigenvalue weighted by molar-refractivity contribution is -0.127. The molecule has 3 aromatic carbocycles. The fourth-order valence-corrected chi connectivity index (χ4v) is 4.28. The molecular formula is C26H26Br2O5. The number of aliphatic hydroxyl groups excluding tert-OH is 4. The normalized spacial score (nSPS) is 15.3. The highest BCUT2D eigenvalue weighted by Crippen LogP contribution is 2.40. The molecule has 0 aliphatic heterocycles. The van der Waals surface area contributed by atoms with Crippen molar-refractivity contribution < 1.29 is 25.2 Å². The monoisotopic (exact) mass is 576 g/mol. The molecule has 4 atom stereocenters. The molecule has 0 aliphatic carbocycles. The molecule has 33 heavy (non-hydrogen) atoms. The van der Waals surface area contributed by atoms with E-state index in [4.69, 9.17) is 4.74 Å². The Bertz CT molecular complexity index is 914. The van der Waals surface area contributed by atoms with Gasteiger partial charge in [0.15, 0.2) is 0 Å². The fourth-order valence-electron chi connectivity index (χ4n) is 3.73. The van der Waals surface area contributed by atoms with Crippen LogP contribution in [0.25, 0.3) is 0 Å². The number of benzene rings is 3. The summed E-state index contributed by atoms with van der Waals surface area (Å²) in [5, 5.41) is 41.5. The number of aliphatic hydroxyl groups is 4. The summed E-state index contributed by atoms with van der Waals surface area (Å²) < 4.78 is 6.86. The van der Waals surface area contributed by atoms with E-state index in [9.17, 15) is 20.4 Å². The van der Waals surface area contributed by atoms with Crippen molar-refractivity contribution >= 4 is 31.9 Å². The van der Waals surface area contributed by atoms with Crippen LogP contribution in [0.15, 0.2) is 100 Å². The molecule has 0 bridgehead atoms. The van der Waals surface area contributed by atoms with Gasteiger partial charge in [0.05, 0.1) is 10.00 Å². The van der Waals surface area contributed by atoms with E-state index in [2.05, 4.69) is 31.9 Å². The number of hydrogen-bond donors (Lipinski definition) is 4. The lowest BCUT2D eigenvalue weighted by Gasteiger charge is -2.37. The van der Waals surface area contributed by atoms with Gasteiger partial charge in [-0.25, -0.2) is 0 Å². The van der Waals surface area contributed by atoms with Gasteiger partial charge in [0.2, 0.25) is 0 Å². The van der Waals surface area contributed by atoms with Gasteiger partial charge in [-0.05, 0) is 54.6 Å². The lowest BCUT2D eigenvalue weighted by Crippen LogP contribution is -2.47. The zero-order chi connectivity index (χ0) is 23.8. The molecule has 0 unspecified atom stereocenters. The first-order chi connectivity index (χ1) is 15.9. The fraction of sp³-hybridized carbons (Fsp3) is 0.231. The number of halogens is 2. The largest absolute Gasteiger partial charge is 0.388 e. The molecule has 0 saturated carbocycles. The summed E-state index contributed by atoms with van der Waals surface area (Å²) in [4.78, 5) is 0. The van der Waals surface area contributed by atoms with Crippen molar-refractivity contribution in [3.05, 3.63) is 117 Å². The number of rotatable bonds is 10. The van der Waals surface area contributed by atoms with Gasteiger partial charge in [-0.3, -0.25) is 0 Å². The van der Waals surface area contributed by atoms with Crippen molar-refractivity contribution in [3.63, 3.8) is 0 Å². The summed E-state index contributed by atoms with van der Waals surface area (Å²) in [5.74, 6) is 0. The molecule has 5 nitrogen and oxygen atoms in total. The second-order valence-corrected chi connectivity index (χ2v) is 10.4.